The molecule has 0 saturated heterocycles. The standard InChI is InChI=1S/C23H22N6O2/c1-16-13-17(2)28(26-16)15-21(30)24-25-23(31)20-14-29(19-11-7-4-8-12-19)27-22(20)18-9-5-3-6-10-18/h3-14H,15H2,1-2H3,(H,24,30)(H,25,31). The molecule has 0 spiro atoms. The van der Waals surface area contributed by atoms with Crippen LogP contribution in [0.3, 0.4) is 0 Å². The lowest BCUT2D eigenvalue weighted by molar-refractivity contribution is -0.122. The Balaban J connectivity index is 1.54. The van der Waals surface area contributed by atoms with Gasteiger partial charge in [-0.05, 0) is 32.0 Å². The summed E-state index contributed by atoms with van der Waals surface area (Å²) in [6.45, 7) is 3.74. The minimum absolute atomic E-state index is 0.00870. The molecular formula is C23H22N6O2. The second-order valence-electron chi connectivity index (χ2n) is 7.12. The zero-order chi connectivity index (χ0) is 21.8. The van der Waals surface area contributed by atoms with Crippen LogP contribution in [0.1, 0.15) is 21.7 Å². The first-order valence-corrected chi connectivity index (χ1v) is 9.82. The first kappa shape index (κ1) is 20.1. The summed E-state index contributed by atoms with van der Waals surface area (Å²) in [6.07, 6.45) is 1.65. The van der Waals surface area contributed by atoms with Crippen molar-refractivity contribution in [3.63, 3.8) is 0 Å². The van der Waals surface area contributed by atoms with Crippen molar-refractivity contribution in [2.24, 2.45) is 0 Å². The van der Waals surface area contributed by atoms with E-state index in [0.717, 1.165) is 22.6 Å². The van der Waals surface area contributed by atoms with Gasteiger partial charge in [0.1, 0.15) is 12.2 Å². The number of hydrogen-bond donors (Lipinski definition) is 2. The highest BCUT2D eigenvalue weighted by molar-refractivity contribution is 6.00. The van der Waals surface area contributed by atoms with Gasteiger partial charge in [0.15, 0.2) is 0 Å². The van der Waals surface area contributed by atoms with E-state index >= 15 is 0 Å². The zero-order valence-corrected chi connectivity index (χ0v) is 17.2. The van der Waals surface area contributed by atoms with E-state index in [1.807, 2.05) is 80.6 Å². The molecule has 31 heavy (non-hydrogen) atoms. The van der Waals surface area contributed by atoms with Crippen molar-refractivity contribution in [2.45, 2.75) is 20.4 Å². The van der Waals surface area contributed by atoms with Gasteiger partial charge in [0.25, 0.3) is 11.8 Å². The third-order valence-corrected chi connectivity index (χ3v) is 4.74. The number of hydrazine groups is 1. The van der Waals surface area contributed by atoms with Crippen LogP contribution in [-0.2, 0) is 11.3 Å². The third kappa shape index (κ3) is 4.53. The van der Waals surface area contributed by atoms with Gasteiger partial charge in [-0.2, -0.15) is 10.2 Å². The van der Waals surface area contributed by atoms with Crippen molar-refractivity contribution in [1.29, 1.82) is 0 Å². The number of benzene rings is 2. The quantitative estimate of drug-likeness (QED) is 0.491. The number of aryl methyl sites for hydroxylation is 2. The lowest BCUT2D eigenvalue weighted by Crippen LogP contribution is -2.43. The van der Waals surface area contributed by atoms with E-state index in [-0.39, 0.29) is 12.5 Å². The molecule has 0 unspecified atom stereocenters. The van der Waals surface area contributed by atoms with E-state index in [9.17, 15) is 9.59 Å². The number of aromatic nitrogens is 4. The second kappa shape index (κ2) is 8.66. The van der Waals surface area contributed by atoms with Crippen LogP contribution in [0.15, 0.2) is 72.9 Å². The van der Waals surface area contributed by atoms with Gasteiger partial charge >= 0.3 is 0 Å². The Morgan fingerprint density at radius 3 is 2.23 bits per heavy atom. The van der Waals surface area contributed by atoms with Crippen LogP contribution in [0.5, 0.6) is 0 Å². The predicted molar refractivity (Wildman–Crippen MR) is 116 cm³/mol. The van der Waals surface area contributed by atoms with Gasteiger partial charge in [0.05, 0.1) is 16.9 Å². The van der Waals surface area contributed by atoms with Gasteiger partial charge in [0, 0.05) is 17.5 Å². The molecule has 4 rings (SSSR count). The summed E-state index contributed by atoms with van der Waals surface area (Å²) in [5.74, 6) is -0.834. The average molecular weight is 414 g/mol. The van der Waals surface area contributed by atoms with Crippen molar-refractivity contribution in [2.75, 3.05) is 0 Å². The maximum Gasteiger partial charge on any atom is 0.273 e. The molecule has 0 radical (unpaired) electrons. The summed E-state index contributed by atoms with van der Waals surface area (Å²) < 4.78 is 3.23. The Labute approximate surface area is 179 Å². The molecule has 2 heterocycles. The normalized spacial score (nSPS) is 10.6. The highest BCUT2D eigenvalue weighted by atomic mass is 16.2. The van der Waals surface area contributed by atoms with Crippen LogP contribution >= 0.6 is 0 Å². The Kier molecular flexibility index (Phi) is 5.61. The average Bonchev–Trinajstić information content (AvgIpc) is 3.36. The fraction of sp³-hybridized carbons (Fsp3) is 0.130. The molecule has 0 aliphatic heterocycles. The van der Waals surface area contributed by atoms with Crippen LogP contribution in [0, 0.1) is 13.8 Å². The first-order valence-electron chi connectivity index (χ1n) is 9.82. The molecule has 2 aromatic heterocycles. The van der Waals surface area contributed by atoms with E-state index in [0.29, 0.717) is 11.3 Å². The number of rotatable bonds is 5. The van der Waals surface area contributed by atoms with Crippen molar-refractivity contribution < 1.29 is 9.59 Å². The van der Waals surface area contributed by atoms with Crippen LogP contribution in [0.2, 0.25) is 0 Å². The minimum Gasteiger partial charge on any atom is -0.271 e. The Morgan fingerprint density at radius 1 is 0.903 bits per heavy atom. The van der Waals surface area contributed by atoms with E-state index in [4.69, 9.17) is 0 Å². The molecule has 4 aromatic rings. The molecule has 156 valence electrons. The minimum atomic E-state index is -0.456. The summed E-state index contributed by atoms with van der Waals surface area (Å²) in [5.41, 5.74) is 9.14. The molecule has 2 N–H and O–H groups in total. The molecule has 0 aliphatic rings. The van der Waals surface area contributed by atoms with Crippen molar-refractivity contribution in [3.05, 3.63) is 89.9 Å². The zero-order valence-electron chi connectivity index (χ0n) is 17.2. The van der Waals surface area contributed by atoms with Gasteiger partial charge in [-0.1, -0.05) is 48.5 Å². The van der Waals surface area contributed by atoms with Crippen LogP contribution in [0.4, 0.5) is 0 Å². The van der Waals surface area contributed by atoms with Crippen LogP contribution in [-0.4, -0.2) is 31.4 Å². The molecule has 8 heteroatoms. The summed E-state index contributed by atoms with van der Waals surface area (Å²) in [5, 5.41) is 8.87. The second-order valence-corrected chi connectivity index (χ2v) is 7.12. The van der Waals surface area contributed by atoms with E-state index in [1.54, 1.807) is 15.6 Å². The van der Waals surface area contributed by atoms with E-state index < -0.39 is 5.91 Å². The number of nitrogens with one attached hydrogen (secondary N) is 2. The van der Waals surface area contributed by atoms with Crippen LogP contribution in [0.25, 0.3) is 16.9 Å². The number of hydrogen-bond acceptors (Lipinski definition) is 4. The molecule has 0 fully saturated rings. The summed E-state index contributed by atoms with van der Waals surface area (Å²) >= 11 is 0. The van der Waals surface area contributed by atoms with Crippen LogP contribution < -0.4 is 10.9 Å². The lowest BCUT2D eigenvalue weighted by atomic mass is 10.1. The third-order valence-electron chi connectivity index (χ3n) is 4.74. The van der Waals surface area contributed by atoms with Crippen molar-refractivity contribution >= 4 is 11.8 Å². The van der Waals surface area contributed by atoms with Gasteiger partial charge in [-0.15, -0.1) is 0 Å². The summed E-state index contributed by atoms with van der Waals surface area (Å²) in [7, 11) is 0. The predicted octanol–water partition coefficient (Wildman–Crippen LogP) is 2.81. The van der Waals surface area contributed by atoms with E-state index in [2.05, 4.69) is 21.0 Å². The molecule has 8 nitrogen and oxygen atoms in total. The Hall–Kier alpha value is -4.20. The molecular weight excluding hydrogens is 392 g/mol. The SMILES string of the molecule is Cc1cc(C)n(CC(=O)NNC(=O)c2cn(-c3ccccc3)nc2-c2ccccc2)n1. The number of para-hydroxylation sites is 1. The molecule has 2 amide bonds. The Morgan fingerprint density at radius 2 is 1.58 bits per heavy atom. The van der Waals surface area contributed by atoms with Gasteiger partial charge in [0.2, 0.25) is 0 Å². The number of carbonyl (C=O) groups excluding carboxylic acids is 2. The smallest absolute Gasteiger partial charge is 0.271 e. The molecule has 2 aromatic carbocycles. The largest absolute Gasteiger partial charge is 0.273 e. The number of nitrogens with zero attached hydrogens (tertiary/aromatic N) is 4. The van der Waals surface area contributed by atoms with Gasteiger partial charge in [-0.3, -0.25) is 25.1 Å². The molecule has 0 saturated carbocycles. The van der Waals surface area contributed by atoms with E-state index in [1.165, 1.54) is 0 Å². The Bertz CT molecular complexity index is 1210. The lowest BCUT2D eigenvalue weighted by Gasteiger charge is -2.08. The fourth-order valence-corrected chi connectivity index (χ4v) is 3.27. The first-order chi connectivity index (χ1) is 15.0. The maximum atomic E-state index is 12.9. The highest BCUT2D eigenvalue weighted by Crippen LogP contribution is 2.23. The topological polar surface area (TPSA) is 93.8 Å². The highest BCUT2D eigenvalue weighted by Gasteiger charge is 2.19. The molecule has 0 bridgehead atoms. The van der Waals surface area contributed by atoms with Crippen molar-refractivity contribution in [3.8, 4) is 16.9 Å². The van der Waals surface area contributed by atoms with Gasteiger partial charge in [-0.25, -0.2) is 4.68 Å². The van der Waals surface area contributed by atoms with Gasteiger partial charge < -0.3 is 0 Å². The fourth-order valence-electron chi connectivity index (χ4n) is 3.27. The summed E-state index contributed by atoms with van der Waals surface area (Å²) in [4.78, 5) is 25.2. The van der Waals surface area contributed by atoms with Crippen molar-refractivity contribution in [1.82, 2.24) is 30.4 Å². The number of carbonyl (C=O) groups is 2. The number of amides is 2. The monoisotopic (exact) mass is 414 g/mol. The maximum absolute atomic E-state index is 12.9. The molecule has 0 atom stereocenters. The summed E-state index contributed by atoms with van der Waals surface area (Å²) in [6, 6.07) is 20.8. The molecule has 0 aliphatic carbocycles.